The molecule has 1 heterocycles. The van der Waals surface area contributed by atoms with Crippen molar-refractivity contribution in [2.45, 2.75) is 33.2 Å². The largest absolute Gasteiger partial charge is 0.493 e. The van der Waals surface area contributed by atoms with Crippen LogP contribution in [0.2, 0.25) is 0 Å². The van der Waals surface area contributed by atoms with Gasteiger partial charge in [0.1, 0.15) is 6.61 Å². The molecule has 0 saturated heterocycles. The van der Waals surface area contributed by atoms with Gasteiger partial charge in [-0.1, -0.05) is 26.0 Å². The summed E-state index contributed by atoms with van der Waals surface area (Å²) in [5.41, 5.74) is 10.7. The number of aryl methyl sites for hydroxylation is 1. The molecule has 138 valence electrons. The second-order valence-corrected chi connectivity index (χ2v) is 6.31. The number of anilines is 1. The fourth-order valence-electron chi connectivity index (χ4n) is 3.57. The number of nitrogens with zero attached hydrogens (tertiary/aromatic N) is 1. The Hall–Kier alpha value is -2.53. The molecule has 2 aromatic rings. The number of nitrogens with two attached hydrogens (primary N) is 1. The van der Waals surface area contributed by atoms with Crippen LogP contribution in [0, 0.1) is 0 Å². The Kier molecular flexibility index (Phi) is 5.47. The van der Waals surface area contributed by atoms with Crippen LogP contribution in [-0.2, 0) is 19.4 Å². The summed E-state index contributed by atoms with van der Waals surface area (Å²) in [5.74, 6) is 1.29. The molecule has 0 atom stereocenters. The summed E-state index contributed by atoms with van der Waals surface area (Å²) in [7, 11) is 1.60. The van der Waals surface area contributed by atoms with Crippen molar-refractivity contribution in [1.82, 2.24) is 0 Å². The van der Waals surface area contributed by atoms with E-state index in [0.29, 0.717) is 31.2 Å². The van der Waals surface area contributed by atoms with Gasteiger partial charge in [-0.3, -0.25) is 4.79 Å². The normalized spacial score (nSPS) is 13.1. The topological polar surface area (TPSA) is 64.8 Å². The van der Waals surface area contributed by atoms with Crippen molar-refractivity contribution in [3.8, 4) is 11.5 Å². The van der Waals surface area contributed by atoms with Crippen molar-refractivity contribution in [3.63, 3.8) is 0 Å². The van der Waals surface area contributed by atoms with E-state index in [2.05, 4.69) is 26.0 Å². The van der Waals surface area contributed by atoms with E-state index in [9.17, 15) is 4.79 Å². The number of fused-ring (bicyclic) bond motifs is 1. The van der Waals surface area contributed by atoms with Gasteiger partial charge in [-0.05, 0) is 41.7 Å². The number of carbonyl (C=O) groups excluding carboxylic acids is 1. The third kappa shape index (κ3) is 3.15. The predicted molar refractivity (Wildman–Crippen MR) is 103 cm³/mol. The van der Waals surface area contributed by atoms with Gasteiger partial charge in [-0.2, -0.15) is 0 Å². The first kappa shape index (κ1) is 18.3. The van der Waals surface area contributed by atoms with Gasteiger partial charge in [0.2, 0.25) is 0 Å². The van der Waals surface area contributed by atoms with Gasteiger partial charge in [-0.25, -0.2) is 0 Å². The Balaban J connectivity index is 1.97. The molecule has 0 spiro atoms. The maximum Gasteiger partial charge on any atom is 0.259 e. The second-order valence-electron chi connectivity index (χ2n) is 6.31. The SMILES string of the molecule is CCc1ccc2c(c1CC)C(=O)N(c1ccc(OC)c(OCCN)c1)C2. The zero-order valence-electron chi connectivity index (χ0n) is 15.7. The fraction of sp³-hybridized carbons (Fsp3) is 0.381. The van der Waals surface area contributed by atoms with E-state index in [1.54, 1.807) is 12.0 Å². The van der Waals surface area contributed by atoms with Crippen molar-refractivity contribution in [2.75, 3.05) is 25.2 Å². The molecule has 3 rings (SSSR count). The van der Waals surface area contributed by atoms with E-state index in [1.165, 1.54) is 11.1 Å². The van der Waals surface area contributed by atoms with Gasteiger partial charge >= 0.3 is 0 Å². The highest BCUT2D eigenvalue weighted by molar-refractivity contribution is 6.11. The van der Waals surface area contributed by atoms with Crippen LogP contribution in [0.4, 0.5) is 5.69 Å². The van der Waals surface area contributed by atoms with Crippen molar-refractivity contribution < 1.29 is 14.3 Å². The van der Waals surface area contributed by atoms with Crippen molar-refractivity contribution in [3.05, 3.63) is 52.6 Å². The summed E-state index contributed by atoms with van der Waals surface area (Å²) < 4.78 is 11.0. The summed E-state index contributed by atoms with van der Waals surface area (Å²) in [4.78, 5) is 15.0. The monoisotopic (exact) mass is 354 g/mol. The third-order valence-electron chi connectivity index (χ3n) is 4.85. The Morgan fingerprint density at radius 3 is 2.58 bits per heavy atom. The average molecular weight is 354 g/mol. The van der Waals surface area contributed by atoms with E-state index in [-0.39, 0.29) is 5.91 Å². The molecule has 26 heavy (non-hydrogen) atoms. The van der Waals surface area contributed by atoms with Gasteiger partial charge in [0.25, 0.3) is 5.91 Å². The molecule has 0 aliphatic carbocycles. The van der Waals surface area contributed by atoms with E-state index in [4.69, 9.17) is 15.2 Å². The van der Waals surface area contributed by atoms with Crippen molar-refractivity contribution in [2.24, 2.45) is 5.73 Å². The minimum absolute atomic E-state index is 0.0575. The highest BCUT2D eigenvalue weighted by atomic mass is 16.5. The highest BCUT2D eigenvalue weighted by Gasteiger charge is 2.31. The number of rotatable bonds is 7. The number of amides is 1. The van der Waals surface area contributed by atoms with Crippen LogP contribution in [0.15, 0.2) is 30.3 Å². The third-order valence-corrected chi connectivity index (χ3v) is 4.85. The minimum atomic E-state index is 0.0575. The molecular formula is C21H26N2O3. The zero-order chi connectivity index (χ0) is 18.7. The van der Waals surface area contributed by atoms with Gasteiger partial charge in [-0.15, -0.1) is 0 Å². The molecule has 1 aliphatic heterocycles. The molecule has 0 saturated carbocycles. The average Bonchev–Trinajstić information content (AvgIpc) is 3.02. The summed E-state index contributed by atoms with van der Waals surface area (Å²) in [5, 5.41) is 0. The lowest BCUT2D eigenvalue weighted by atomic mass is 9.94. The molecule has 5 nitrogen and oxygen atoms in total. The Labute approximate surface area is 154 Å². The summed E-state index contributed by atoms with van der Waals surface area (Å²) in [6.45, 7) is 5.63. The van der Waals surface area contributed by atoms with Crippen LogP contribution in [0.3, 0.4) is 0 Å². The summed E-state index contributed by atoms with van der Waals surface area (Å²) >= 11 is 0. The molecule has 0 fully saturated rings. The van der Waals surface area contributed by atoms with Gasteiger partial charge < -0.3 is 20.1 Å². The lowest BCUT2D eigenvalue weighted by Crippen LogP contribution is -2.23. The molecule has 1 amide bonds. The van der Waals surface area contributed by atoms with Crippen LogP contribution < -0.4 is 20.1 Å². The van der Waals surface area contributed by atoms with E-state index in [0.717, 1.165) is 29.7 Å². The molecular weight excluding hydrogens is 328 g/mol. The standard InChI is InChI=1S/C21H26N2O3/c1-4-14-6-7-15-13-23(21(24)20(15)17(14)5-2)16-8-9-18(25-3)19(12-16)26-11-10-22/h6-9,12H,4-5,10-11,13,22H2,1-3H3. The zero-order valence-corrected chi connectivity index (χ0v) is 15.7. The molecule has 0 bridgehead atoms. The smallest absolute Gasteiger partial charge is 0.259 e. The summed E-state index contributed by atoms with van der Waals surface area (Å²) in [6, 6.07) is 9.81. The maximum absolute atomic E-state index is 13.2. The van der Waals surface area contributed by atoms with E-state index >= 15 is 0 Å². The molecule has 2 N–H and O–H groups in total. The molecule has 0 unspecified atom stereocenters. The van der Waals surface area contributed by atoms with Crippen LogP contribution in [0.1, 0.15) is 40.9 Å². The summed E-state index contributed by atoms with van der Waals surface area (Å²) in [6.07, 6.45) is 1.79. The van der Waals surface area contributed by atoms with E-state index < -0.39 is 0 Å². The van der Waals surface area contributed by atoms with Crippen LogP contribution in [0.25, 0.3) is 0 Å². The Morgan fingerprint density at radius 2 is 1.92 bits per heavy atom. The second kappa shape index (κ2) is 7.79. The predicted octanol–water partition coefficient (Wildman–Crippen LogP) is 3.32. The first-order chi connectivity index (χ1) is 12.6. The number of methoxy groups -OCH3 is 1. The lowest BCUT2D eigenvalue weighted by Gasteiger charge is -2.19. The van der Waals surface area contributed by atoms with Gasteiger partial charge in [0, 0.05) is 23.9 Å². The number of hydrogen-bond acceptors (Lipinski definition) is 4. The van der Waals surface area contributed by atoms with Gasteiger partial charge in [0.05, 0.1) is 13.7 Å². The Bertz CT molecular complexity index is 817. The number of carbonyl (C=O) groups is 1. The quantitative estimate of drug-likeness (QED) is 0.828. The molecule has 0 radical (unpaired) electrons. The van der Waals surface area contributed by atoms with Crippen LogP contribution in [-0.4, -0.2) is 26.2 Å². The van der Waals surface area contributed by atoms with Crippen molar-refractivity contribution >= 4 is 11.6 Å². The molecule has 2 aromatic carbocycles. The number of benzene rings is 2. The van der Waals surface area contributed by atoms with Crippen LogP contribution in [0.5, 0.6) is 11.5 Å². The minimum Gasteiger partial charge on any atom is -0.493 e. The highest BCUT2D eigenvalue weighted by Crippen LogP contribution is 2.37. The Morgan fingerprint density at radius 1 is 1.12 bits per heavy atom. The first-order valence-corrected chi connectivity index (χ1v) is 9.10. The number of ether oxygens (including phenoxy) is 2. The first-order valence-electron chi connectivity index (χ1n) is 9.10. The fourth-order valence-corrected chi connectivity index (χ4v) is 3.57. The molecule has 0 aromatic heterocycles. The molecule has 1 aliphatic rings. The van der Waals surface area contributed by atoms with E-state index in [1.807, 2.05) is 18.2 Å². The van der Waals surface area contributed by atoms with Gasteiger partial charge in [0.15, 0.2) is 11.5 Å². The van der Waals surface area contributed by atoms with Crippen molar-refractivity contribution in [1.29, 1.82) is 0 Å². The number of hydrogen-bond donors (Lipinski definition) is 1. The van der Waals surface area contributed by atoms with Crippen LogP contribution >= 0.6 is 0 Å². The maximum atomic E-state index is 13.2. The molecule has 5 heteroatoms. The lowest BCUT2D eigenvalue weighted by molar-refractivity contribution is 0.0995.